The summed E-state index contributed by atoms with van der Waals surface area (Å²) in [6.45, 7) is 4.51. The van der Waals surface area contributed by atoms with E-state index in [0.29, 0.717) is 0 Å². The Morgan fingerprint density at radius 1 is 0.600 bits per heavy atom. The molecule has 0 spiro atoms. The van der Waals surface area contributed by atoms with E-state index in [1.807, 2.05) is 0 Å². The summed E-state index contributed by atoms with van der Waals surface area (Å²) in [6.07, 6.45) is 14.8. The SMILES string of the molecule is CCCCCCCC(=S)c1ccc(-c2ccc(C(=S)CCCCCCC)n2C)n1C. The minimum atomic E-state index is 1.01. The molecule has 0 radical (unpaired) electrons. The number of rotatable bonds is 15. The minimum absolute atomic E-state index is 1.01. The summed E-state index contributed by atoms with van der Waals surface area (Å²) in [6, 6.07) is 8.77. The fourth-order valence-electron chi connectivity index (χ4n) is 4.13. The summed E-state index contributed by atoms with van der Waals surface area (Å²) in [5.41, 5.74) is 4.77. The van der Waals surface area contributed by atoms with E-state index in [4.69, 9.17) is 24.4 Å². The van der Waals surface area contributed by atoms with Crippen molar-refractivity contribution in [3.8, 4) is 11.4 Å². The highest BCUT2D eigenvalue weighted by Crippen LogP contribution is 2.26. The minimum Gasteiger partial charge on any atom is -0.342 e. The normalized spacial score (nSPS) is 11.2. The average Bonchev–Trinajstić information content (AvgIpc) is 3.29. The Hall–Kier alpha value is -1.26. The van der Waals surface area contributed by atoms with Crippen molar-refractivity contribution in [1.82, 2.24) is 9.13 Å². The lowest BCUT2D eigenvalue weighted by Gasteiger charge is -2.12. The van der Waals surface area contributed by atoms with E-state index in [2.05, 4.69) is 61.3 Å². The lowest BCUT2D eigenvalue weighted by atomic mass is 10.1. The second-order valence-electron chi connectivity index (χ2n) is 8.50. The second-order valence-corrected chi connectivity index (χ2v) is 9.49. The van der Waals surface area contributed by atoms with Crippen LogP contribution in [0.15, 0.2) is 24.3 Å². The highest BCUT2D eigenvalue weighted by atomic mass is 32.1. The van der Waals surface area contributed by atoms with E-state index in [1.165, 1.54) is 87.0 Å². The summed E-state index contributed by atoms with van der Waals surface area (Å²) in [7, 11) is 4.26. The van der Waals surface area contributed by atoms with Gasteiger partial charge in [-0.25, -0.2) is 0 Å². The van der Waals surface area contributed by atoms with E-state index in [0.717, 1.165) is 22.6 Å². The first-order chi connectivity index (χ1) is 14.5. The van der Waals surface area contributed by atoms with Crippen molar-refractivity contribution in [1.29, 1.82) is 0 Å². The Bertz CT molecular complexity index is 745. The zero-order valence-corrected chi connectivity index (χ0v) is 21.1. The molecule has 0 unspecified atom stereocenters. The van der Waals surface area contributed by atoms with Crippen LogP contribution >= 0.6 is 24.4 Å². The van der Waals surface area contributed by atoms with Crippen LogP contribution in [0.4, 0.5) is 0 Å². The molecule has 0 aliphatic carbocycles. The van der Waals surface area contributed by atoms with Crippen LogP contribution in [0, 0.1) is 0 Å². The summed E-state index contributed by atoms with van der Waals surface area (Å²) in [4.78, 5) is 2.16. The Balaban J connectivity index is 2.00. The van der Waals surface area contributed by atoms with Crippen molar-refractivity contribution in [3.05, 3.63) is 35.7 Å². The lowest BCUT2D eigenvalue weighted by molar-refractivity contribution is 0.644. The molecule has 0 atom stereocenters. The van der Waals surface area contributed by atoms with E-state index in [9.17, 15) is 0 Å². The molecule has 2 aromatic rings. The molecule has 2 heterocycles. The van der Waals surface area contributed by atoms with E-state index >= 15 is 0 Å². The molecule has 2 rings (SSSR count). The highest BCUT2D eigenvalue weighted by Gasteiger charge is 2.15. The molecule has 0 fully saturated rings. The molecule has 2 nitrogen and oxygen atoms in total. The molecule has 30 heavy (non-hydrogen) atoms. The maximum atomic E-state index is 5.76. The molecule has 0 bridgehead atoms. The highest BCUT2D eigenvalue weighted by molar-refractivity contribution is 7.81. The molecule has 4 heteroatoms. The third-order valence-electron chi connectivity index (χ3n) is 6.09. The van der Waals surface area contributed by atoms with Crippen molar-refractivity contribution < 1.29 is 0 Å². The Kier molecular flexibility index (Phi) is 11.0. The van der Waals surface area contributed by atoms with Gasteiger partial charge in [-0.15, -0.1) is 0 Å². The van der Waals surface area contributed by atoms with Crippen LogP contribution in [0.3, 0.4) is 0 Å². The van der Waals surface area contributed by atoms with Gasteiger partial charge in [0, 0.05) is 23.8 Å². The Morgan fingerprint density at radius 2 is 0.967 bits per heavy atom. The topological polar surface area (TPSA) is 9.86 Å². The van der Waals surface area contributed by atoms with Gasteiger partial charge in [-0.2, -0.15) is 0 Å². The fourth-order valence-corrected chi connectivity index (χ4v) is 4.83. The van der Waals surface area contributed by atoms with Crippen LogP contribution < -0.4 is 0 Å². The van der Waals surface area contributed by atoms with Gasteiger partial charge in [-0.1, -0.05) is 89.6 Å². The summed E-state index contributed by atoms with van der Waals surface area (Å²) >= 11 is 11.5. The van der Waals surface area contributed by atoms with Crippen LogP contribution in [-0.4, -0.2) is 18.9 Å². The maximum absolute atomic E-state index is 5.76. The van der Waals surface area contributed by atoms with Gasteiger partial charge in [-0.05, 0) is 49.9 Å². The van der Waals surface area contributed by atoms with Gasteiger partial charge in [0.05, 0.1) is 22.8 Å². The van der Waals surface area contributed by atoms with Crippen LogP contribution in [0.5, 0.6) is 0 Å². The van der Waals surface area contributed by atoms with Crippen LogP contribution in [0.2, 0.25) is 0 Å². The number of hydrogen-bond acceptors (Lipinski definition) is 2. The van der Waals surface area contributed by atoms with E-state index in [1.54, 1.807) is 0 Å². The number of nitrogens with zero attached hydrogens (tertiary/aromatic N) is 2. The first-order valence-electron chi connectivity index (χ1n) is 11.9. The molecule has 0 aliphatic rings. The molecule has 2 aromatic heterocycles. The standard InChI is InChI=1S/C26H40N2S2/c1-5-7-9-11-13-15-25(29)23-19-17-21(27(23)3)22-18-20-24(28(22)4)26(30)16-14-12-10-8-6-2/h17-20H,5-16H2,1-4H3. The molecule has 0 aromatic carbocycles. The molecule has 0 aliphatic heterocycles. The summed E-state index contributed by atoms with van der Waals surface area (Å²) in [5.74, 6) is 0. The Morgan fingerprint density at radius 3 is 1.33 bits per heavy atom. The summed E-state index contributed by atoms with van der Waals surface area (Å²) < 4.78 is 4.50. The van der Waals surface area contributed by atoms with Crippen molar-refractivity contribution in [2.75, 3.05) is 0 Å². The third-order valence-corrected chi connectivity index (χ3v) is 6.92. The van der Waals surface area contributed by atoms with E-state index in [-0.39, 0.29) is 0 Å². The van der Waals surface area contributed by atoms with Gasteiger partial charge in [0.25, 0.3) is 0 Å². The fraction of sp³-hybridized carbons (Fsp3) is 0.615. The molecule has 166 valence electrons. The van der Waals surface area contributed by atoms with Gasteiger partial charge < -0.3 is 9.13 Å². The first-order valence-corrected chi connectivity index (χ1v) is 12.7. The lowest BCUT2D eigenvalue weighted by Crippen LogP contribution is -2.09. The van der Waals surface area contributed by atoms with Gasteiger partial charge >= 0.3 is 0 Å². The number of thiocarbonyl (C=S) groups is 2. The molecule has 0 saturated carbocycles. The second kappa shape index (κ2) is 13.2. The molecule has 0 amide bonds. The van der Waals surface area contributed by atoms with Crippen molar-refractivity contribution in [2.45, 2.75) is 90.9 Å². The monoisotopic (exact) mass is 444 g/mol. The van der Waals surface area contributed by atoms with Gasteiger partial charge in [-0.3, -0.25) is 0 Å². The van der Waals surface area contributed by atoms with E-state index < -0.39 is 0 Å². The van der Waals surface area contributed by atoms with Gasteiger partial charge in [0.15, 0.2) is 0 Å². The molecular formula is C26H40N2S2. The van der Waals surface area contributed by atoms with Crippen molar-refractivity contribution in [3.63, 3.8) is 0 Å². The average molecular weight is 445 g/mol. The first kappa shape index (κ1) is 25.0. The predicted octanol–water partition coefficient (Wildman–Crippen LogP) is 8.19. The molecule has 0 saturated heterocycles. The van der Waals surface area contributed by atoms with Crippen LogP contribution in [0.1, 0.15) is 102 Å². The Labute approximate surface area is 195 Å². The van der Waals surface area contributed by atoms with Crippen molar-refractivity contribution >= 4 is 34.2 Å². The number of unbranched alkanes of at least 4 members (excludes halogenated alkanes) is 8. The number of hydrogen-bond donors (Lipinski definition) is 0. The van der Waals surface area contributed by atoms with Crippen LogP contribution in [-0.2, 0) is 14.1 Å². The zero-order chi connectivity index (χ0) is 21.9. The zero-order valence-electron chi connectivity index (χ0n) is 19.5. The number of aromatic nitrogens is 2. The van der Waals surface area contributed by atoms with Crippen molar-refractivity contribution in [2.24, 2.45) is 14.1 Å². The largest absolute Gasteiger partial charge is 0.342 e. The quantitative estimate of drug-likeness (QED) is 0.156. The smallest absolute Gasteiger partial charge is 0.0650 e. The van der Waals surface area contributed by atoms with Gasteiger partial charge in [0.1, 0.15) is 0 Å². The van der Waals surface area contributed by atoms with Crippen LogP contribution in [0.25, 0.3) is 11.4 Å². The maximum Gasteiger partial charge on any atom is 0.0650 e. The molecule has 0 N–H and O–H groups in total. The predicted molar refractivity (Wildman–Crippen MR) is 140 cm³/mol. The summed E-state index contributed by atoms with van der Waals surface area (Å²) in [5, 5.41) is 0. The van der Waals surface area contributed by atoms with Gasteiger partial charge in [0.2, 0.25) is 0 Å². The third kappa shape index (κ3) is 6.88. The molecular weight excluding hydrogens is 404 g/mol.